The SMILES string of the molecule is COc1ccc(OCCNc2cnnc(NCc3ccc(F)cc3)n2)cc1. The van der Waals surface area contributed by atoms with Crippen molar-refractivity contribution in [2.75, 3.05) is 30.9 Å². The Kier molecular flexibility index (Phi) is 6.35. The van der Waals surface area contributed by atoms with E-state index in [0.29, 0.717) is 31.5 Å². The topological polar surface area (TPSA) is 81.2 Å². The Hall–Kier alpha value is -3.42. The monoisotopic (exact) mass is 369 g/mol. The van der Waals surface area contributed by atoms with Gasteiger partial charge in [-0.3, -0.25) is 0 Å². The molecule has 0 saturated heterocycles. The molecule has 8 heteroatoms. The first-order valence-corrected chi connectivity index (χ1v) is 8.42. The van der Waals surface area contributed by atoms with E-state index in [0.717, 1.165) is 17.1 Å². The van der Waals surface area contributed by atoms with E-state index in [4.69, 9.17) is 9.47 Å². The maximum absolute atomic E-state index is 12.9. The maximum atomic E-state index is 12.9. The van der Waals surface area contributed by atoms with Gasteiger partial charge in [0.25, 0.3) is 0 Å². The summed E-state index contributed by atoms with van der Waals surface area (Å²) in [4.78, 5) is 4.33. The van der Waals surface area contributed by atoms with Crippen LogP contribution in [0.25, 0.3) is 0 Å². The summed E-state index contributed by atoms with van der Waals surface area (Å²) < 4.78 is 23.7. The van der Waals surface area contributed by atoms with Crippen LogP contribution in [0.15, 0.2) is 54.7 Å². The molecular formula is C19H20FN5O2. The van der Waals surface area contributed by atoms with Crippen LogP contribution in [0.5, 0.6) is 11.5 Å². The van der Waals surface area contributed by atoms with Crippen molar-refractivity contribution in [2.45, 2.75) is 6.54 Å². The molecule has 1 aromatic heterocycles. The van der Waals surface area contributed by atoms with Crippen molar-refractivity contribution >= 4 is 11.8 Å². The number of nitrogens with one attached hydrogen (secondary N) is 2. The Labute approximate surface area is 156 Å². The van der Waals surface area contributed by atoms with Gasteiger partial charge in [-0.25, -0.2) is 4.39 Å². The molecule has 140 valence electrons. The molecule has 0 aliphatic rings. The summed E-state index contributed by atoms with van der Waals surface area (Å²) in [5.74, 6) is 2.26. The lowest BCUT2D eigenvalue weighted by Gasteiger charge is -2.09. The molecular weight excluding hydrogens is 349 g/mol. The first-order chi connectivity index (χ1) is 13.2. The predicted octanol–water partition coefficient (Wildman–Crippen LogP) is 3.12. The van der Waals surface area contributed by atoms with Crippen molar-refractivity contribution in [1.29, 1.82) is 0 Å². The number of anilines is 2. The molecule has 3 rings (SSSR count). The summed E-state index contributed by atoms with van der Waals surface area (Å²) >= 11 is 0. The minimum absolute atomic E-state index is 0.264. The van der Waals surface area contributed by atoms with Crippen molar-refractivity contribution in [1.82, 2.24) is 15.2 Å². The summed E-state index contributed by atoms with van der Waals surface area (Å²) in [5, 5.41) is 14.0. The van der Waals surface area contributed by atoms with Crippen LogP contribution in [0.4, 0.5) is 16.2 Å². The molecule has 0 amide bonds. The van der Waals surface area contributed by atoms with E-state index in [2.05, 4.69) is 25.8 Å². The van der Waals surface area contributed by atoms with Crippen LogP contribution in [0, 0.1) is 5.82 Å². The molecule has 0 unspecified atom stereocenters. The minimum atomic E-state index is -0.264. The van der Waals surface area contributed by atoms with E-state index in [1.54, 1.807) is 19.2 Å². The van der Waals surface area contributed by atoms with Crippen molar-refractivity contribution in [3.05, 3.63) is 66.1 Å². The molecule has 0 spiro atoms. The molecule has 0 radical (unpaired) electrons. The molecule has 7 nitrogen and oxygen atoms in total. The molecule has 27 heavy (non-hydrogen) atoms. The zero-order chi connectivity index (χ0) is 18.9. The molecule has 0 bridgehead atoms. The van der Waals surface area contributed by atoms with E-state index in [1.807, 2.05) is 24.3 Å². The second-order valence-corrected chi connectivity index (χ2v) is 5.60. The second kappa shape index (κ2) is 9.33. The molecule has 2 aromatic carbocycles. The lowest BCUT2D eigenvalue weighted by Crippen LogP contribution is -2.14. The number of nitrogens with zero attached hydrogens (tertiary/aromatic N) is 3. The molecule has 0 atom stereocenters. The van der Waals surface area contributed by atoms with E-state index >= 15 is 0 Å². The van der Waals surface area contributed by atoms with Crippen LogP contribution < -0.4 is 20.1 Å². The molecule has 2 N–H and O–H groups in total. The largest absolute Gasteiger partial charge is 0.497 e. The van der Waals surface area contributed by atoms with Crippen molar-refractivity contribution < 1.29 is 13.9 Å². The summed E-state index contributed by atoms with van der Waals surface area (Å²) in [6.07, 6.45) is 1.54. The molecule has 0 aliphatic heterocycles. The summed E-state index contributed by atoms with van der Waals surface area (Å²) in [7, 11) is 1.62. The fourth-order valence-electron chi connectivity index (χ4n) is 2.27. The van der Waals surface area contributed by atoms with E-state index in [1.165, 1.54) is 18.3 Å². The Morgan fingerprint density at radius 2 is 1.70 bits per heavy atom. The maximum Gasteiger partial charge on any atom is 0.244 e. The average Bonchev–Trinajstić information content (AvgIpc) is 2.71. The normalized spacial score (nSPS) is 10.3. The Balaban J connectivity index is 1.43. The Bertz CT molecular complexity index is 843. The van der Waals surface area contributed by atoms with E-state index < -0.39 is 0 Å². The van der Waals surface area contributed by atoms with Gasteiger partial charge in [0.2, 0.25) is 5.95 Å². The highest BCUT2D eigenvalue weighted by atomic mass is 19.1. The van der Waals surface area contributed by atoms with Crippen LogP contribution >= 0.6 is 0 Å². The van der Waals surface area contributed by atoms with Gasteiger partial charge in [-0.05, 0) is 42.0 Å². The standard InChI is InChI=1S/C19H20FN5O2/c1-26-16-6-8-17(9-7-16)27-11-10-21-18-13-23-25-19(24-18)22-12-14-2-4-15(20)5-3-14/h2-9,13H,10-12H2,1H3,(H2,21,22,24,25). The summed E-state index contributed by atoms with van der Waals surface area (Å²) in [6.45, 7) is 1.50. The minimum Gasteiger partial charge on any atom is -0.497 e. The van der Waals surface area contributed by atoms with Gasteiger partial charge >= 0.3 is 0 Å². The number of halogens is 1. The zero-order valence-electron chi connectivity index (χ0n) is 14.9. The lowest BCUT2D eigenvalue weighted by atomic mass is 10.2. The van der Waals surface area contributed by atoms with Crippen LogP contribution in [0.1, 0.15) is 5.56 Å². The third-order valence-electron chi connectivity index (χ3n) is 3.66. The number of rotatable bonds is 9. The fraction of sp³-hybridized carbons (Fsp3) is 0.211. The third-order valence-corrected chi connectivity index (χ3v) is 3.66. The Morgan fingerprint density at radius 3 is 2.44 bits per heavy atom. The van der Waals surface area contributed by atoms with Gasteiger partial charge in [-0.2, -0.15) is 10.1 Å². The average molecular weight is 369 g/mol. The van der Waals surface area contributed by atoms with Crippen molar-refractivity contribution in [3.8, 4) is 11.5 Å². The van der Waals surface area contributed by atoms with Crippen molar-refractivity contribution in [2.24, 2.45) is 0 Å². The van der Waals surface area contributed by atoms with Crippen LogP contribution in [-0.2, 0) is 6.54 Å². The van der Waals surface area contributed by atoms with E-state index in [9.17, 15) is 4.39 Å². The Morgan fingerprint density at radius 1 is 0.963 bits per heavy atom. The highest BCUT2D eigenvalue weighted by molar-refractivity contribution is 5.37. The molecule has 0 aliphatic carbocycles. The molecule has 1 heterocycles. The molecule has 3 aromatic rings. The number of ether oxygens (including phenoxy) is 2. The smallest absolute Gasteiger partial charge is 0.244 e. The first kappa shape index (κ1) is 18.4. The lowest BCUT2D eigenvalue weighted by molar-refractivity contribution is 0.331. The van der Waals surface area contributed by atoms with Gasteiger partial charge in [0.05, 0.1) is 19.9 Å². The molecule has 0 saturated carbocycles. The van der Waals surface area contributed by atoms with Crippen molar-refractivity contribution in [3.63, 3.8) is 0 Å². The summed E-state index contributed by atoms with van der Waals surface area (Å²) in [5.41, 5.74) is 0.922. The van der Waals surface area contributed by atoms with Gasteiger partial charge in [-0.15, -0.1) is 5.10 Å². The second-order valence-electron chi connectivity index (χ2n) is 5.60. The number of benzene rings is 2. The van der Waals surface area contributed by atoms with Gasteiger partial charge < -0.3 is 20.1 Å². The third kappa shape index (κ3) is 5.81. The van der Waals surface area contributed by atoms with Gasteiger partial charge in [0.15, 0.2) is 5.82 Å². The number of aromatic nitrogens is 3. The van der Waals surface area contributed by atoms with E-state index in [-0.39, 0.29) is 5.82 Å². The van der Waals surface area contributed by atoms with Crippen LogP contribution in [0.2, 0.25) is 0 Å². The highest BCUT2D eigenvalue weighted by Gasteiger charge is 2.01. The fourth-order valence-corrected chi connectivity index (χ4v) is 2.27. The number of methoxy groups -OCH3 is 1. The number of hydrogen-bond donors (Lipinski definition) is 2. The predicted molar refractivity (Wildman–Crippen MR) is 101 cm³/mol. The highest BCUT2D eigenvalue weighted by Crippen LogP contribution is 2.16. The first-order valence-electron chi connectivity index (χ1n) is 8.42. The number of hydrogen-bond acceptors (Lipinski definition) is 7. The summed E-state index contributed by atoms with van der Waals surface area (Å²) in [6, 6.07) is 13.6. The quantitative estimate of drug-likeness (QED) is 0.561. The van der Waals surface area contributed by atoms with Gasteiger partial charge in [0, 0.05) is 6.54 Å². The van der Waals surface area contributed by atoms with Gasteiger partial charge in [-0.1, -0.05) is 12.1 Å². The van der Waals surface area contributed by atoms with Crippen LogP contribution in [0.3, 0.4) is 0 Å². The van der Waals surface area contributed by atoms with Gasteiger partial charge in [0.1, 0.15) is 23.9 Å². The molecule has 0 fully saturated rings. The van der Waals surface area contributed by atoms with Crippen LogP contribution in [-0.4, -0.2) is 35.4 Å². The zero-order valence-corrected chi connectivity index (χ0v) is 14.9.